The molecule has 216 valence electrons. The largest absolute Gasteiger partial charge is 0.359 e. The Hall–Kier alpha value is -2.24. The fraction of sp³-hybridized carbons (Fsp3) is 0.818. The number of rotatable bonds is 24. The van der Waals surface area contributed by atoms with Crippen LogP contribution in [0.25, 0.3) is 0 Å². The molecule has 0 aliphatic carbocycles. The molecule has 0 heterocycles. The van der Waals surface area contributed by atoms with Crippen LogP contribution >= 0.6 is 0 Å². The Kier molecular flexibility index (Phi) is 21.5. The van der Waals surface area contributed by atoms with Gasteiger partial charge in [-0.1, -0.05) is 0 Å². The monoisotopic (exact) mass is 531 g/mol. The van der Waals surface area contributed by atoms with Crippen molar-refractivity contribution in [2.24, 2.45) is 5.92 Å². The van der Waals surface area contributed by atoms with E-state index >= 15 is 0 Å². The van der Waals surface area contributed by atoms with Gasteiger partial charge in [-0.05, 0) is 28.2 Å². The van der Waals surface area contributed by atoms with Gasteiger partial charge in [0.25, 0.3) is 0 Å². The Bertz CT molecular complexity index is 654. The predicted molar refractivity (Wildman–Crippen MR) is 143 cm³/mol. The number of Topliss-reactive ketones (excluding diaryl/α,β-unsaturated/α-hetero) is 1. The fourth-order valence-electron chi connectivity index (χ4n) is 3.25. The number of carbonyl (C=O) groups excluding carboxylic acids is 4. The standard InChI is InChI=1S/C22H49N11O4/c1-23-12-28-10-17(32-14-25-3)19(34)8-16(21(36)30-7-6-20(35)27-5)9-31-22(37)18(33-15-26-4)11-29-13-24-2/h16-18,23-26,28-29,32-33H,6-15H2,1-5H3,(H,27,35)(H,30,36)(H,31,37). The van der Waals surface area contributed by atoms with Gasteiger partial charge in [-0.2, -0.15) is 0 Å². The number of amides is 3. The maximum atomic E-state index is 13.1. The zero-order chi connectivity index (χ0) is 27.9. The summed E-state index contributed by atoms with van der Waals surface area (Å²) < 4.78 is 0. The summed E-state index contributed by atoms with van der Waals surface area (Å²) in [7, 11) is 8.63. The van der Waals surface area contributed by atoms with E-state index in [4.69, 9.17) is 0 Å². The van der Waals surface area contributed by atoms with Crippen molar-refractivity contribution in [3.8, 4) is 0 Å². The van der Waals surface area contributed by atoms with Crippen LogP contribution < -0.4 is 58.5 Å². The fourth-order valence-corrected chi connectivity index (χ4v) is 3.25. The second-order valence-corrected chi connectivity index (χ2v) is 8.37. The summed E-state index contributed by atoms with van der Waals surface area (Å²) in [6.07, 6.45) is 0.0318. The van der Waals surface area contributed by atoms with E-state index in [1.165, 1.54) is 7.05 Å². The number of hydrogen-bond acceptors (Lipinski definition) is 12. The molecule has 0 rings (SSSR count). The van der Waals surface area contributed by atoms with Crippen molar-refractivity contribution in [1.82, 2.24) is 58.5 Å². The summed E-state index contributed by atoms with van der Waals surface area (Å²) in [6, 6.07) is -1.09. The highest BCUT2D eigenvalue weighted by atomic mass is 16.2. The Labute approximate surface area is 220 Å². The second kappa shape index (κ2) is 22.9. The Morgan fingerprint density at radius 3 is 1.70 bits per heavy atom. The van der Waals surface area contributed by atoms with Gasteiger partial charge in [0.2, 0.25) is 17.7 Å². The van der Waals surface area contributed by atoms with Gasteiger partial charge >= 0.3 is 0 Å². The first kappa shape index (κ1) is 34.8. The summed E-state index contributed by atoms with van der Waals surface area (Å²) in [5, 5.41) is 32.3. The lowest BCUT2D eigenvalue weighted by Crippen LogP contribution is -2.54. The molecule has 0 saturated carbocycles. The van der Waals surface area contributed by atoms with Crippen molar-refractivity contribution in [3.05, 3.63) is 0 Å². The van der Waals surface area contributed by atoms with Crippen LogP contribution in [0.3, 0.4) is 0 Å². The maximum absolute atomic E-state index is 13.1. The third-order valence-corrected chi connectivity index (χ3v) is 5.33. The summed E-state index contributed by atoms with van der Waals surface area (Å²) in [5.74, 6) is -1.88. The first-order valence-corrected chi connectivity index (χ1v) is 12.6. The number of nitrogens with one attached hydrogen (secondary N) is 11. The minimum absolute atomic E-state index is 0.0250. The molecule has 0 saturated heterocycles. The molecule has 3 amide bonds. The number of carbonyl (C=O) groups is 4. The lowest BCUT2D eigenvalue weighted by molar-refractivity contribution is -0.131. The molecule has 0 fully saturated rings. The number of hydrogen-bond donors (Lipinski definition) is 11. The lowest BCUT2D eigenvalue weighted by atomic mass is 9.97. The average Bonchev–Trinajstić information content (AvgIpc) is 2.89. The van der Waals surface area contributed by atoms with E-state index in [1.54, 1.807) is 28.2 Å². The van der Waals surface area contributed by atoms with Gasteiger partial charge in [0, 0.05) is 72.7 Å². The first-order chi connectivity index (χ1) is 17.8. The molecule has 37 heavy (non-hydrogen) atoms. The van der Waals surface area contributed by atoms with E-state index in [9.17, 15) is 19.2 Å². The van der Waals surface area contributed by atoms with Crippen LogP contribution in [0.4, 0.5) is 0 Å². The molecule has 3 unspecified atom stereocenters. The van der Waals surface area contributed by atoms with Crippen molar-refractivity contribution in [3.63, 3.8) is 0 Å². The van der Waals surface area contributed by atoms with Crippen molar-refractivity contribution < 1.29 is 19.2 Å². The van der Waals surface area contributed by atoms with E-state index in [2.05, 4.69) is 58.5 Å². The molecule has 15 nitrogen and oxygen atoms in total. The third-order valence-electron chi connectivity index (χ3n) is 5.33. The number of ketones is 1. The average molecular weight is 532 g/mol. The summed E-state index contributed by atoms with van der Waals surface area (Å²) in [4.78, 5) is 50.5. The van der Waals surface area contributed by atoms with Gasteiger partial charge < -0.3 is 47.9 Å². The quantitative estimate of drug-likeness (QED) is 0.0418. The molecular weight excluding hydrogens is 482 g/mol. The zero-order valence-electron chi connectivity index (χ0n) is 22.9. The van der Waals surface area contributed by atoms with Crippen molar-refractivity contribution >= 4 is 23.5 Å². The van der Waals surface area contributed by atoms with Crippen LogP contribution in [-0.4, -0.2) is 124 Å². The third kappa shape index (κ3) is 17.0. The van der Waals surface area contributed by atoms with Crippen LogP contribution in [-0.2, 0) is 19.2 Å². The topological polar surface area (TPSA) is 201 Å². The minimum Gasteiger partial charge on any atom is -0.359 e. The van der Waals surface area contributed by atoms with E-state index in [-0.39, 0.29) is 43.5 Å². The summed E-state index contributed by atoms with van der Waals surface area (Å²) >= 11 is 0. The first-order valence-electron chi connectivity index (χ1n) is 12.6. The van der Waals surface area contributed by atoms with Crippen LogP contribution in [0.2, 0.25) is 0 Å². The Morgan fingerprint density at radius 2 is 1.16 bits per heavy atom. The minimum atomic E-state index is -0.806. The second-order valence-electron chi connectivity index (χ2n) is 8.37. The Morgan fingerprint density at radius 1 is 0.622 bits per heavy atom. The van der Waals surface area contributed by atoms with E-state index in [0.29, 0.717) is 39.8 Å². The predicted octanol–water partition coefficient (Wildman–Crippen LogP) is -5.27. The Balaban J connectivity index is 5.35. The van der Waals surface area contributed by atoms with Crippen LogP contribution in [0.5, 0.6) is 0 Å². The molecule has 3 atom stereocenters. The molecule has 11 N–H and O–H groups in total. The van der Waals surface area contributed by atoms with Gasteiger partial charge in [0.05, 0.1) is 12.0 Å². The van der Waals surface area contributed by atoms with Crippen LogP contribution in [0.15, 0.2) is 0 Å². The maximum Gasteiger partial charge on any atom is 0.238 e. The highest BCUT2D eigenvalue weighted by Crippen LogP contribution is 2.07. The van der Waals surface area contributed by atoms with E-state index < -0.39 is 23.9 Å². The van der Waals surface area contributed by atoms with Gasteiger partial charge in [0.15, 0.2) is 5.78 Å². The van der Waals surface area contributed by atoms with Crippen LogP contribution in [0, 0.1) is 5.92 Å². The van der Waals surface area contributed by atoms with Gasteiger partial charge in [0.1, 0.15) is 6.04 Å². The molecule has 0 aromatic heterocycles. The highest BCUT2D eigenvalue weighted by Gasteiger charge is 2.28. The van der Waals surface area contributed by atoms with E-state index in [0.717, 1.165) is 0 Å². The normalized spacial score (nSPS) is 13.4. The molecular formula is C22H49N11O4. The summed E-state index contributed by atoms with van der Waals surface area (Å²) in [6.45, 7) is 2.71. The SMILES string of the molecule is CNCNCC(NCNC)C(=O)CC(CNC(=O)C(CNCNC)NCNC)C(=O)NCCC(=O)NC. The molecule has 15 heteroatoms. The molecule has 0 spiro atoms. The van der Waals surface area contributed by atoms with Crippen molar-refractivity contribution in [2.75, 3.05) is 88.1 Å². The smallest absolute Gasteiger partial charge is 0.238 e. The van der Waals surface area contributed by atoms with Crippen molar-refractivity contribution in [1.29, 1.82) is 0 Å². The lowest BCUT2D eigenvalue weighted by Gasteiger charge is -2.23. The highest BCUT2D eigenvalue weighted by molar-refractivity contribution is 5.91. The molecule has 0 aromatic rings. The van der Waals surface area contributed by atoms with Gasteiger partial charge in [-0.25, -0.2) is 0 Å². The summed E-state index contributed by atoms with van der Waals surface area (Å²) in [5.41, 5.74) is 0. The van der Waals surface area contributed by atoms with Crippen molar-refractivity contribution in [2.45, 2.75) is 24.9 Å². The van der Waals surface area contributed by atoms with E-state index in [1.807, 2.05) is 0 Å². The van der Waals surface area contributed by atoms with Gasteiger partial charge in [-0.3, -0.25) is 29.8 Å². The molecule has 0 bridgehead atoms. The van der Waals surface area contributed by atoms with Gasteiger partial charge in [-0.15, -0.1) is 0 Å². The molecule has 0 radical (unpaired) electrons. The molecule has 0 aromatic carbocycles. The van der Waals surface area contributed by atoms with Crippen LogP contribution in [0.1, 0.15) is 12.8 Å². The zero-order valence-corrected chi connectivity index (χ0v) is 22.9. The molecule has 0 aliphatic rings. The molecule has 0 aliphatic heterocycles.